The molecule has 0 fully saturated rings. The lowest BCUT2D eigenvalue weighted by atomic mass is 10.3. The van der Waals surface area contributed by atoms with Crippen LogP contribution >= 0.6 is 0 Å². The minimum absolute atomic E-state index is 0.179. The molecule has 96 valence electrons. The highest BCUT2D eigenvalue weighted by Gasteiger charge is 2.02. The molecule has 6 nitrogen and oxygen atoms in total. The minimum atomic E-state index is 0.179. The molecular weight excluding hydrogens is 218 g/mol. The van der Waals surface area contributed by atoms with Crippen LogP contribution in [0.4, 0.5) is 0 Å². The Morgan fingerprint density at radius 3 is 2.82 bits per heavy atom. The van der Waals surface area contributed by atoms with Gasteiger partial charge < -0.3 is 10.2 Å². The van der Waals surface area contributed by atoms with Crippen LogP contribution in [0.3, 0.4) is 0 Å². The van der Waals surface area contributed by atoms with E-state index in [9.17, 15) is 4.79 Å². The largest absolute Gasteiger partial charge is 0.349 e. The van der Waals surface area contributed by atoms with Crippen molar-refractivity contribution in [1.82, 2.24) is 25.0 Å². The Morgan fingerprint density at radius 2 is 2.24 bits per heavy atom. The van der Waals surface area contributed by atoms with E-state index in [4.69, 9.17) is 0 Å². The Kier molecular flexibility index (Phi) is 5.62. The van der Waals surface area contributed by atoms with Gasteiger partial charge in [-0.1, -0.05) is 0 Å². The molecule has 0 bridgehead atoms. The Morgan fingerprint density at radius 1 is 1.47 bits per heavy atom. The van der Waals surface area contributed by atoms with E-state index in [-0.39, 0.29) is 5.91 Å². The zero-order valence-corrected chi connectivity index (χ0v) is 10.8. The SMILES string of the molecule is CN(C)C(=O)CCCNCCc1ncn(C)n1. The highest BCUT2D eigenvalue weighted by Crippen LogP contribution is 1.92. The third-order valence-corrected chi connectivity index (χ3v) is 2.42. The summed E-state index contributed by atoms with van der Waals surface area (Å²) in [5, 5.41) is 7.46. The van der Waals surface area contributed by atoms with Crippen molar-refractivity contribution in [3.05, 3.63) is 12.2 Å². The van der Waals surface area contributed by atoms with Crippen LogP contribution in [0, 0.1) is 0 Å². The number of carbonyl (C=O) groups is 1. The fourth-order valence-electron chi connectivity index (χ4n) is 1.41. The fraction of sp³-hybridized carbons (Fsp3) is 0.727. The Hall–Kier alpha value is -1.43. The van der Waals surface area contributed by atoms with E-state index in [1.165, 1.54) is 0 Å². The zero-order valence-electron chi connectivity index (χ0n) is 10.8. The first-order valence-corrected chi connectivity index (χ1v) is 5.85. The molecule has 0 aliphatic heterocycles. The molecule has 1 amide bonds. The Balaban J connectivity index is 2.00. The lowest BCUT2D eigenvalue weighted by molar-refractivity contribution is -0.128. The highest BCUT2D eigenvalue weighted by atomic mass is 16.2. The summed E-state index contributed by atoms with van der Waals surface area (Å²) in [5.41, 5.74) is 0. The molecule has 1 N–H and O–H groups in total. The van der Waals surface area contributed by atoms with Crippen LogP contribution < -0.4 is 5.32 Å². The van der Waals surface area contributed by atoms with Crippen molar-refractivity contribution < 1.29 is 4.79 Å². The highest BCUT2D eigenvalue weighted by molar-refractivity contribution is 5.75. The third kappa shape index (κ3) is 5.44. The van der Waals surface area contributed by atoms with E-state index >= 15 is 0 Å². The smallest absolute Gasteiger partial charge is 0.222 e. The number of nitrogens with zero attached hydrogens (tertiary/aromatic N) is 4. The van der Waals surface area contributed by atoms with Crippen LogP contribution in [0.1, 0.15) is 18.7 Å². The van der Waals surface area contributed by atoms with Crippen LogP contribution in [-0.4, -0.2) is 52.8 Å². The number of hydrogen-bond acceptors (Lipinski definition) is 4. The van der Waals surface area contributed by atoms with Gasteiger partial charge in [0.05, 0.1) is 0 Å². The zero-order chi connectivity index (χ0) is 12.7. The standard InChI is InChI=1S/C11H21N5O/c1-15(2)11(17)5-4-7-12-8-6-10-13-9-16(3)14-10/h9,12H,4-8H2,1-3H3. The Labute approximate surface area is 102 Å². The van der Waals surface area contributed by atoms with E-state index in [0.717, 1.165) is 31.8 Å². The van der Waals surface area contributed by atoms with Gasteiger partial charge in [-0.25, -0.2) is 4.98 Å². The molecule has 1 aromatic heterocycles. The molecule has 0 saturated heterocycles. The van der Waals surface area contributed by atoms with E-state index in [1.54, 1.807) is 30.0 Å². The van der Waals surface area contributed by atoms with Crippen molar-refractivity contribution >= 4 is 5.91 Å². The molecule has 1 heterocycles. The molecule has 6 heteroatoms. The van der Waals surface area contributed by atoms with E-state index in [0.29, 0.717) is 6.42 Å². The molecule has 0 saturated carbocycles. The van der Waals surface area contributed by atoms with Crippen molar-refractivity contribution in [1.29, 1.82) is 0 Å². The molecule has 17 heavy (non-hydrogen) atoms. The van der Waals surface area contributed by atoms with E-state index < -0.39 is 0 Å². The van der Waals surface area contributed by atoms with Gasteiger partial charge in [0.25, 0.3) is 0 Å². The van der Waals surface area contributed by atoms with Crippen molar-refractivity contribution in [2.75, 3.05) is 27.2 Å². The number of rotatable bonds is 7. The van der Waals surface area contributed by atoms with Crippen LogP contribution in [0.15, 0.2) is 6.33 Å². The van der Waals surface area contributed by atoms with Crippen molar-refractivity contribution in [3.8, 4) is 0 Å². The van der Waals surface area contributed by atoms with Gasteiger partial charge in [0, 0.05) is 40.5 Å². The number of nitrogens with one attached hydrogen (secondary N) is 1. The van der Waals surface area contributed by atoms with Crippen LogP contribution in [-0.2, 0) is 18.3 Å². The van der Waals surface area contributed by atoms with E-state index in [1.807, 2.05) is 7.05 Å². The quantitative estimate of drug-likeness (QED) is 0.670. The second kappa shape index (κ2) is 7.01. The topological polar surface area (TPSA) is 63.1 Å². The number of aromatic nitrogens is 3. The fourth-order valence-corrected chi connectivity index (χ4v) is 1.41. The summed E-state index contributed by atoms with van der Waals surface area (Å²) in [5.74, 6) is 1.03. The number of amides is 1. The summed E-state index contributed by atoms with van der Waals surface area (Å²) in [6.07, 6.45) is 3.99. The maximum Gasteiger partial charge on any atom is 0.222 e. The summed E-state index contributed by atoms with van der Waals surface area (Å²) < 4.78 is 1.70. The average Bonchev–Trinajstić information content (AvgIpc) is 2.68. The normalized spacial score (nSPS) is 10.5. The van der Waals surface area contributed by atoms with E-state index in [2.05, 4.69) is 15.4 Å². The van der Waals surface area contributed by atoms with Gasteiger partial charge in [0.15, 0.2) is 5.82 Å². The molecule has 0 aromatic carbocycles. The van der Waals surface area contributed by atoms with Gasteiger partial charge in [0.2, 0.25) is 5.91 Å². The lowest BCUT2D eigenvalue weighted by Gasteiger charge is -2.09. The molecule has 0 radical (unpaired) electrons. The monoisotopic (exact) mass is 239 g/mol. The second-order valence-corrected chi connectivity index (χ2v) is 4.23. The first-order valence-electron chi connectivity index (χ1n) is 5.85. The molecule has 0 aliphatic carbocycles. The number of aryl methyl sites for hydroxylation is 1. The number of hydrogen-bond donors (Lipinski definition) is 1. The second-order valence-electron chi connectivity index (χ2n) is 4.23. The third-order valence-electron chi connectivity index (χ3n) is 2.42. The number of carbonyl (C=O) groups excluding carboxylic acids is 1. The first kappa shape index (κ1) is 13.6. The maximum absolute atomic E-state index is 11.3. The average molecular weight is 239 g/mol. The van der Waals surface area contributed by atoms with Gasteiger partial charge in [-0.2, -0.15) is 5.10 Å². The van der Waals surface area contributed by atoms with Crippen LogP contribution in [0.2, 0.25) is 0 Å². The summed E-state index contributed by atoms with van der Waals surface area (Å²) in [6, 6.07) is 0. The molecule has 0 unspecified atom stereocenters. The lowest BCUT2D eigenvalue weighted by Crippen LogP contribution is -2.24. The van der Waals surface area contributed by atoms with Gasteiger partial charge in [-0.3, -0.25) is 9.48 Å². The van der Waals surface area contributed by atoms with Crippen LogP contribution in [0.5, 0.6) is 0 Å². The first-order chi connectivity index (χ1) is 8.09. The van der Waals surface area contributed by atoms with Crippen LogP contribution in [0.25, 0.3) is 0 Å². The maximum atomic E-state index is 11.3. The Bertz CT molecular complexity index is 347. The summed E-state index contributed by atoms with van der Waals surface area (Å²) in [4.78, 5) is 17.0. The van der Waals surface area contributed by atoms with Gasteiger partial charge in [0.1, 0.15) is 6.33 Å². The minimum Gasteiger partial charge on any atom is -0.349 e. The molecule has 1 aromatic rings. The molecular formula is C11H21N5O. The summed E-state index contributed by atoms with van der Waals surface area (Å²) in [7, 11) is 5.42. The van der Waals surface area contributed by atoms with Crippen molar-refractivity contribution in [3.63, 3.8) is 0 Å². The van der Waals surface area contributed by atoms with Gasteiger partial charge >= 0.3 is 0 Å². The predicted molar refractivity (Wildman–Crippen MR) is 65.5 cm³/mol. The van der Waals surface area contributed by atoms with Crippen molar-refractivity contribution in [2.45, 2.75) is 19.3 Å². The summed E-state index contributed by atoms with van der Waals surface area (Å²) >= 11 is 0. The molecule has 1 rings (SSSR count). The summed E-state index contributed by atoms with van der Waals surface area (Å²) in [6.45, 7) is 1.70. The molecule has 0 atom stereocenters. The van der Waals surface area contributed by atoms with Gasteiger partial charge in [-0.15, -0.1) is 0 Å². The van der Waals surface area contributed by atoms with Crippen molar-refractivity contribution in [2.24, 2.45) is 7.05 Å². The molecule has 0 spiro atoms. The molecule has 0 aliphatic rings. The predicted octanol–water partition coefficient (Wildman–Crippen LogP) is -0.184. The van der Waals surface area contributed by atoms with Gasteiger partial charge in [-0.05, 0) is 13.0 Å².